The van der Waals surface area contributed by atoms with Gasteiger partial charge in [-0.15, -0.1) is 0 Å². The highest BCUT2D eigenvalue weighted by atomic mass is 16.5. The van der Waals surface area contributed by atoms with Crippen molar-refractivity contribution >= 4 is 12.2 Å². The van der Waals surface area contributed by atoms with Crippen molar-refractivity contribution in [2.75, 3.05) is 12.4 Å². The molecule has 1 aromatic heterocycles. The number of rotatable bonds is 4. The van der Waals surface area contributed by atoms with Gasteiger partial charge in [0.15, 0.2) is 0 Å². The Bertz CT molecular complexity index is 1020. The lowest BCUT2D eigenvalue weighted by Gasteiger charge is -2.27. The van der Waals surface area contributed by atoms with Crippen LogP contribution in [0.25, 0.3) is 11.3 Å². The third-order valence-corrected chi connectivity index (χ3v) is 5.23. The minimum atomic E-state index is 0.250. The molecule has 1 heterocycles. The van der Waals surface area contributed by atoms with Crippen LogP contribution >= 0.6 is 0 Å². The highest BCUT2D eigenvalue weighted by molar-refractivity contribution is 5.65. The standard InChI is InChI=1S/C23H25N3O.CH3NO/c1-15-11-12-18(13-22(15)27-3)21-14-23(25-16(2)24-21)26-20-10-6-8-17-7-4-5-9-19(17)20;2-1-3/h4-5,7,9,11-14,20H,6,8,10H2,1-3H3,(H,24,25,26);1H,(H2,2,3). The number of aromatic nitrogens is 2. The van der Waals surface area contributed by atoms with Crippen molar-refractivity contribution < 1.29 is 9.53 Å². The first-order chi connectivity index (χ1) is 14.5. The van der Waals surface area contributed by atoms with E-state index < -0.39 is 0 Å². The Labute approximate surface area is 177 Å². The number of hydrogen-bond donors (Lipinski definition) is 2. The van der Waals surface area contributed by atoms with Gasteiger partial charge in [-0.1, -0.05) is 36.4 Å². The second-order valence-corrected chi connectivity index (χ2v) is 7.29. The fourth-order valence-corrected chi connectivity index (χ4v) is 3.85. The highest BCUT2D eigenvalue weighted by Gasteiger charge is 2.20. The molecule has 2 aromatic carbocycles. The first-order valence-electron chi connectivity index (χ1n) is 10.1. The number of nitrogens with one attached hydrogen (secondary N) is 1. The van der Waals surface area contributed by atoms with Gasteiger partial charge in [-0.2, -0.15) is 0 Å². The summed E-state index contributed by atoms with van der Waals surface area (Å²) in [6.45, 7) is 3.98. The van der Waals surface area contributed by atoms with Gasteiger partial charge in [-0.3, -0.25) is 4.79 Å². The fraction of sp³-hybridized carbons (Fsp3) is 0.292. The number of nitrogens with zero attached hydrogens (tertiary/aromatic N) is 2. The number of ether oxygens (including phenoxy) is 1. The summed E-state index contributed by atoms with van der Waals surface area (Å²) < 4.78 is 5.47. The number of hydrogen-bond acceptors (Lipinski definition) is 5. The van der Waals surface area contributed by atoms with E-state index in [2.05, 4.69) is 57.4 Å². The van der Waals surface area contributed by atoms with E-state index in [9.17, 15) is 0 Å². The third-order valence-electron chi connectivity index (χ3n) is 5.23. The van der Waals surface area contributed by atoms with E-state index in [0.29, 0.717) is 6.04 Å². The summed E-state index contributed by atoms with van der Waals surface area (Å²) in [6.07, 6.45) is 3.72. The van der Waals surface area contributed by atoms with Crippen LogP contribution in [0.2, 0.25) is 0 Å². The van der Waals surface area contributed by atoms with E-state index in [1.54, 1.807) is 7.11 Å². The summed E-state index contributed by atoms with van der Waals surface area (Å²) in [5.41, 5.74) is 10.1. The second kappa shape index (κ2) is 9.87. The molecule has 1 unspecified atom stereocenters. The molecular formula is C24H28N4O2. The molecule has 3 aromatic rings. The number of nitrogens with two attached hydrogens (primary N) is 1. The molecule has 0 aliphatic heterocycles. The molecule has 6 heteroatoms. The van der Waals surface area contributed by atoms with Crippen LogP contribution in [0, 0.1) is 13.8 Å². The van der Waals surface area contributed by atoms with Crippen LogP contribution < -0.4 is 15.8 Å². The summed E-state index contributed by atoms with van der Waals surface area (Å²) in [5, 5.41) is 3.65. The van der Waals surface area contributed by atoms with Gasteiger partial charge in [0.25, 0.3) is 0 Å². The monoisotopic (exact) mass is 404 g/mol. The number of aryl methyl sites for hydroxylation is 3. The van der Waals surface area contributed by atoms with E-state index in [0.717, 1.165) is 47.1 Å². The molecule has 6 nitrogen and oxygen atoms in total. The number of carbonyl (C=O) groups is 1. The molecule has 4 rings (SSSR count). The first kappa shape index (κ1) is 21.3. The largest absolute Gasteiger partial charge is 0.496 e. The summed E-state index contributed by atoms with van der Waals surface area (Å²) in [5.74, 6) is 2.51. The highest BCUT2D eigenvalue weighted by Crippen LogP contribution is 2.33. The number of anilines is 1. The number of fused-ring (bicyclic) bond motifs is 1. The SMILES string of the molecule is COc1cc(-c2cc(NC3CCCc4ccccc43)nc(C)n2)ccc1C.NC=O. The molecule has 0 radical (unpaired) electrons. The quantitative estimate of drug-likeness (QED) is 0.631. The molecule has 0 fully saturated rings. The molecule has 0 saturated heterocycles. The molecule has 1 aliphatic carbocycles. The summed E-state index contributed by atoms with van der Waals surface area (Å²) in [4.78, 5) is 17.9. The lowest BCUT2D eigenvalue weighted by atomic mass is 9.88. The fourth-order valence-electron chi connectivity index (χ4n) is 3.85. The van der Waals surface area contributed by atoms with Gasteiger partial charge in [0.05, 0.1) is 18.8 Å². The van der Waals surface area contributed by atoms with Crippen LogP contribution in [0.4, 0.5) is 5.82 Å². The van der Waals surface area contributed by atoms with Crippen LogP contribution in [0.15, 0.2) is 48.5 Å². The predicted molar refractivity (Wildman–Crippen MR) is 119 cm³/mol. The third kappa shape index (κ3) is 4.95. The maximum Gasteiger partial charge on any atom is 0.204 e. The van der Waals surface area contributed by atoms with Gasteiger partial charge in [0.2, 0.25) is 6.41 Å². The molecule has 0 saturated carbocycles. The van der Waals surface area contributed by atoms with Crippen molar-refractivity contribution in [3.8, 4) is 17.0 Å². The van der Waals surface area contributed by atoms with Gasteiger partial charge in [0.1, 0.15) is 17.4 Å². The number of methoxy groups -OCH3 is 1. The molecule has 1 aliphatic rings. The Balaban J connectivity index is 0.000000806. The number of primary amides is 1. The molecular weight excluding hydrogens is 376 g/mol. The van der Waals surface area contributed by atoms with Crippen LogP contribution in [-0.4, -0.2) is 23.5 Å². The van der Waals surface area contributed by atoms with E-state index in [-0.39, 0.29) is 6.41 Å². The Morgan fingerprint density at radius 3 is 2.67 bits per heavy atom. The normalized spacial score (nSPS) is 14.7. The molecule has 3 N–H and O–H groups in total. The van der Waals surface area contributed by atoms with Gasteiger partial charge < -0.3 is 15.8 Å². The number of benzene rings is 2. The minimum absolute atomic E-state index is 0.250. The maximum atomic E-state index is 8.58. The molecule has 1 amide bonds. The van der Waals surface area contributed by atoms with Crippen LogP contribution in [0.5, 0.6) is 5.75 Å². The van der Waals surface area contributed by atoms with Crippen LogP contribution in [0.3, 0.4) is 0 Å². The van der Waals surface area contributed by atoms with Crippen LogP contribution in [-0.2, 0) is 11.2 Å². The van der Waals surface area contributed by atoms with Gasteiger partial charge in [-0.25, -0.2) is 9.97 Å². The van der Waals surface area contributed by atoms with E-state index >= 15 is 0 Å². The Morgan fingerprint density at radius 2 is 1.90 bits per heavy atom. The zero-order valence-electron chi connectivity index (χ0n) is 17.7. The summed E-state index contributed by atoms with van der Waals surface area (Å²) in [6, 6.07) is 17.2. The Hall–Kier alpha value is -3.41. The predicted octanol–water partition coefficient (Wildman–Crippen LogP) is 4.36. The average Bonchev–Trinajstić information content (AvgIpc) is 2.74. The molecule has 0 spiro atoms. The molecule has 30 heavy (non-hydrogen) atoms. The van der Waals surface area contributed by atoms with E-state index in [1.165, 1.54) is 17.5 Å². The van der Waals surface area contributed by atoms with Gasteiger partial charge in [0, 0.05) is 11.6 Å². The molecule has 0 bridgehead atoms. The van der Waals surface area contributed by atoms with E-state index in [1.807, 2.05) is 26.0 Å². The average molecular weight is 405 g/mol. The van der Waals surface area contributed by atoms with Crippen molar-refractivity contribution in [3.63, 3.8) is 0 Å². The maximum absolute atomic E-state index is 8.58. The molecule has 156 valence electrons. The Morgan fingerprint density at radius 1 is 1.13 bits per heavy atom. The zero-order valence-corrected chi connectivity index (χ0v) is 17.7. The van der Waals surface area contributed by atoms with Crippen molar-refractivity contribution in [1.29, 1.82) is 0 Å². The van der Waals surface area contributed by atoms with Crippen molar-refractivity contribution in [1.82, 2.24) is 9.97 Å². The van der Waals surface area contributed by atoms with Gasteiger partial charge >= 0.3 is 0 Å². The van der Waals surface area contributed by atoms with Crippen molar-refractivity contribution in [2.45, 2.75) is 39.2 Å². The summed E-state index contributed by atoms with van der Waals surface area (Å²) >= 11 is 0. The zero-order chi connectivity index (χ0) is 21.5. The van der Waals surface area contributed by atoms with Crippen LogP contribution in [0.1, 0.15) is 41.4 Å². The van der Waals surface area contributed by atoms with Crippen molar-refractivity contribution in [2.24, 2.45) is 5.73 Å². The lowest BCUT2D eigenvalue weighted by Crippen LogP contribution is -2.18. The molecule has 1 atom stereocenters. The van der Waals surface area contributed by atoms with Crippen molar-refractivity contribution in [3.05, 3.63) is 71.0 Å². The second-order valence-electron chi connectivity index (χ2n) is 7.29. The minimum Gasteiger partial charge on any atom is -0.496 e. The van der Waals surface area contributed by atoms with Gasteiger partial charge in [-0.05, 0) is 55.9 Å². The first-order valence-corrected chi connectivity index (χ1v) is 10.1. The number of amides is 1. The number of carbonyl (C=O) groups excluding carboxylic acids is 1. The Kier molecular flexibility index (Phi) is 7.01. The summed E-state index contributed by atoms with van der Waals surface area (Å²) in [7, 11) is 1.70. The topological polar surface area (TPSA) is 90.1 Å². The smallest absolute Gasteiger partial charge is 0.204 e. The lowest BCUT2D eigenvalue weighted by molar-refractivity contribution is -0.106. The van der Waals surface area contributed by atoms with E-state index in [4.69, 9.17) is 9.53 Å².